The first-order valence-electron chi connectivity index (χ1n) is 4.95. The smallest absolute Gasteiger partial charge is 0.144 e. The molecule has 0 fully saturated rings. The Kier molecular flexibility index (Phi) is 4.55. The lowest BCUT2D eigenvalue weighted by Crippen LogP contribution is -2.12. The lowest BCUT2D eigenvalue weighted by molar-refractivity contribution is 0.211. The molecule has 0 aliphatic carbocycles. The minimum absolute atomic E-state index is 0.134. The van der Waals surface area contributed by atoms with E-state index >= 15 is 0 Å². The Hall–Kier alpha value is -0.600. The van der Waals surface area contributed by atoms with Crippen molar-refractivity contribution in [3.8, 4) is 5.75 Å². The van der Waals surface area contributed by atoms with Crippen molar-refractivity contribution < 1.29 is 4.74 Å². The molecule has 84 valence electrons. The zero-order valence-corrected chi connectivity index (χ0v) is 10.4. The molecule has 0 heterocycles. The number of nitrogen functional groups attached to an aromatic ring is 1. The summed E-state index contributed by atoms with van der Waals surface area (Å²) in [6, 6.07) is 3.27. The molecule has 0 radical (unpaired) electrons. The van der Waals surface area contributed by atoms with E-state index in [1.807, 2.05) is 6.92 Å². The minimum atomic E-state index is 0.134. The highest BCUT2D eigenvalue weighted by atomic mass is 35.5. The van der Waals surface area contributed by atoms with Gasteiger partial charge in [-0.25, -0.2) is 0 Å². The number of halogens is 2. The zero-order chi connectivity index (χ0) is 11.4. The molecule has 2 nitrogen and oxygen atoms in total. The van der Waals surface area contributed by atoms with Gasteiger partial charge in [-0.2, -0.15) is 0 Å². The van der Waals surface area contributed by atoms with Crippen LogP contribution in [0, 0.1) is 0 Å². The van der Waals surface area contributed by atoms with Crippen molar-refractivity contribution in [1.82, 2.24) is 0 Å². The molecule has 0 saturated carbocycles. The van der Waals surface area contributed by atoms with E-state index in [-0.39, 0.29) is 6.10 Å². The molecule has 0 saturated heterocycles. The normalized spacial score (nSPS) is 12.5. The van der Waals surface area contributed by atoms with Crippen LogP contribution in [0.4, 0.5) is 5.69 Å². The summed E-state index contributed by atoms with van der Waals surface area (Å²) in [5.41, 5.74) is 6.29. The minimum Gasteiger partial charge on any atom is -0.489 e. The molecule has 0 aromatic heterocycles. The Balaban J connectivity index is 2.81. The molecular weight excluding hydrogens is 233 g/mol. The fourth-order valence-electron chi connectivity index (χ4n) is 1.33. The van der Waals surface area contributed by atoms with E-state index in [2.05, 4.69) is 6.92 Å². The molecule has 0 aliphatic rings. The topological polar surface area (TPSA) is 35.2 Å². The van der Waals surface area contributed by atoms with Gasteiger partial charge >= 0.3 is 0 Å². The van der Waals surface area contributed by atoms with Gasteiger partial charge in [0.1, 0.15) is 5.75 Å². The SMILES string of the molecule is CCCC(C)Oc1cc(Cl)c(Cl)cc1N. The predicted molar refractivity (Wildman–Crippen MR) is 65.9 cm³/mol. The average molecular weight is 248 g/mol. The Morgan fingerprint density at radius 2 is 1.93 bits per heavy atom. The lowest BCUT2D eigenvalue weighted by atomic mass is 10.2. The highest BCUT2D eigenvalue weighted by Crippen LogP contribution is 2.33. The second-order valence-electron chi connectivity index (χ2n) is 3.52. The van der Waals surface area contributed by atoms with Crippen molar-refractivity contribution in [2.75, 3.05) is 5.73 Å². The van der Waals surface area contributed by atoms with E-state index in [1.54, 1.807) is 12.1 Å². The van der Waals surface area contributed by atoms with Crippen molar-refractivity contribution in [3.05, 3.63) is 22.2 Å². The van der Waals surface area contributed by atoms with Crippen LogP contribution in [0.15, 0.2) is 12.1 Å². The maximum absolute atomic E-state index is 5.88. The van der Waals surface area contributed by atoms with E-state index in [9.17, 15) is 0 Å². The predicted octanol–water partition coefficient (Wildman–Crippen LogP) is 4.14. The first-order chi connectivity index (χ1) is 7.04. The van der Waals surface area contributed by atoms with E-state index in [0.29, 0.717) is 21.5 Å². The van der Waals surface area contributed by atoms with Crippen LogP contribution in [0.2, 0.25) is 10.0 Å². The number of benzene rings is 1. The van der Waals surface area contributed by atoms with Gasteiger partial charge in [0, 0.05) is 6.07 Å². The third-order valence-electron chi connectivity index (χ3n) is 2.08. The van der Waals surface area contributed by atoms with Gasteiger partial charge in [0.25, 0.3) is 0 Å². The first kappa shape index (κ1) is 12.5. The number of hydrogen-bond donors (Lipinski definition) is 1. The fraction of sp³-hybridized carbons (Fsp3) is 0.455. The van der Waals surface area contributed by atoms with Crippen LogP contribution in [0.1, 0.15) is 26.7 Å². The summed E-state index contributed by atoms with van der Waals surface area (Å²) in [4.78, 5) is 0. The van der Waals surface area contributed by atoms with Gasteiger partial charge < -0.3 is 10.5 Å². The van der Waals surface area contributed by atoms with Crippen LogP contribution in [0.3, 0.4) is 0 Å². The standard InChI is InChI=1S/C11H15Cl2NO/c1-3-4-7(2)15-11-6-9(13)8(12)5-10(11)14/h5-7H,3-4,14H2,1-2H3. The summed E-state index contributed by atoms with van der Waals surface area (Å²) in [7, 11) is 0. The van der Waals surface area contributed by atoms with Crippen LogP contribution in [-0.2, 0) is 0 Å². The number of anilines is 1. The molecule has 2 N–H and O–H groups in total. The molecule has 1 unspecified atom stereocenters. The quantitative estimate of drug-likeness (QED) is 0.812. The lowest BCUT2D eigenvalue weighted by Gasteiger charge is -2.16. The summed E-state index contributed by atoms with van der Waals surface area (Å²) < 4.78 is 5.65. The highest BCUT2D eigenvalue weighted by Gasteiger charge is 2.09. The third kappa shape index (κ3) is 3.47. The Bertz CT molecular complexity index is 342. The molecule has 1 atom stereocenters. The molecule has 0 aliphatic heterocycles. The van der Waals surface area contributed by atoms with Crippen molar-refractivity contribution in [3.63, 3.8) is 0 Å². The second kappa shape index (κ2) is 5.47. The van der Waals surface area contributed by atoms with Gasteiger partial charge in [0.15, 0.2) is 0 Å². The van der Waals surface area contributed by atoms with Crippen molar-refractivity contribution in [2.45, 2.75) is 32.8 Å². The molecule has 1 aromatic carbocycles. The van der Waals surface area contributed by atoms with E-state index in [0.717, 1.165) is 12.8 Å². The summed E-state index contributed by atoms with van der Waals surface area (Å²) in [5, 5.41) is 0.911. The number of ether oxygens (including phenoxy) is 1. The molecule has 1 aromatic rings. The van der Waals surface area contributed by atoms with Gasteiger partial charge in [-0.05, 0) is 19.4 Å². The first-order valence-corrected chi connectivity index (χ1v) is 5.71. The van der Waals surface area contributed by atoms with Gasteiger partial charge in [0.2, 0.25) is 0 Å². The Labute approximate surface area is 100 Å². The molecule has 1 rings (SSSR count). The molecule has 4 heteroatoms. The van der Waals surface area contributed by atoms with E-state index in [1.165, 1.54) is 0 Å². The van der Waals surface area contributed by atoms with E-state index in [4.69, 9.17) is 33.7 Å². The molecular formula is C11H15Cl2NO. The molecule has 0 amide bonds. The largest absolute Gasteiger partial charge is 0.489 e. The van der Waals surface area contributed by atoms with Crippen LogP contribution in [-0.4, -0.2) is 6.10 Å². The van der Waals surface area contributed by atoms with Gasteiger partial charge in [0.05, 0.1) is 21.8 Å². The number of nitrogens with two attached hydrogens (primary N) is 1. The van der Waals surface area contributed by atoms with Crippen molar-refractivity contribution in [1.29, 1.82) is 0 Å². The maximum Gasteiger partial charge on any atom is 0.144 e. The van der Waals surface area contributed by atoms with Crippen LogP contribution >= 0.6 is 23.2 Å². The monoisotopic (exact) mass is 247 g/mol. The van der Waals surface area contributed by atoms with Gasteiger partial charge in [-0.3, -0.25) is 0 Å². The Morgan fingerprint density at radius 3 is 2.53 bits per heavy atom. The van der Waals surface area contributed by atoms with Crippen LogP contribution in [0.5, 0.6) is 5.75 Å². The second-order valence-corrected chi connectivity index (χ2v) is 4.34. The molecule has 0 bridgehead atoms. The van der Waals surface area contributed by atoms with Gasteiger partial charge in [-0.1, -0.05) is 36.5 Å². The third-order valence-corrected chi connectivity index (χ3v) is 2.80. The fourth-order valence-corrected chi connectivity index (χ4v) is 1.65. The van der Waals surface area contributed by atoms with Crippen LogP contribution < -0.4 is 10.5 Å². The highest BCUT2D eigenvalue weighted by molar-refractivity contribution is 6.42. The van der Waals surface area contributed by atoms with Gasteiger partial charge in [-0.15, -0.1) is 0 Å². The summed E-state index contributed by atoms with van der Waals surface area (Å²) >= 11 is 11.7. The Morgan fingerprint density at radius 1 is 1.33 bits per heavy atom. The average Bonchev–Trinajstić information content (AvgIpc) is 2.14. The van der Waals surface area contributed by atoms with Crippen LogP contribution in [0.25, 0.3) is 0 Å². The number of hydrogen-bond acceptors (Lipinski definition) is 2. The molecule has 0 spiro atoms. The number of rotatable bonds is 4. The summed E-state index contributed by atoms with van der Waals surface area (Å²) in [6.45, 7) is 4.11. The maximum atomic E-state index is 5.88. The van der Waals surface area contributed by atoms with E-state index < -0.39 is 0 Å². The summed E-state index contributed by atoms with van der Waals surface area (Å²) in [5.74, 6) is 0.602. The molecule has 15 heavy (non-hydrogen) atoms. The van der Waals surface area contributed by atoms with Crippen molar-refractivity contribution in [2.24, 2.45) is 0 Å². The summed E-state index contributed by atoms with van der Waals surface area (Å²) in [6.07, 6.45) is 2.19. The zero-order valence-electron chi connectivity index (χ0n) is 8.89. The van der Waals surface area contributed by atoms with Crippen molar-refractivity contribution >= 4 is 28.9 Å².